The highest BCUT2D eigenvalue weighted by molar-refractivity contribution is 6.06. The van der Waals surface area contributed by atoms with E-state index in [1.807, 2.05) is 0 Å². The third-order valence-corrected chi connectivity index (χ3v) is 2.06. The first-order valence-corrected chi connectivity index (χ1v) is 4.94. The molecule has 0 bridgehead atoms. The van der Waals surface area contributed by atoms with Gasteiger partial charge < -0.3 is 16.2 Å². The lowest BCUT2D eigenvalue weighted by molar-refractivity contribution is 0.0934. The molecule has 0 radical (unpaired) electrons. The number of hydrogen-bond donors (Lipinski definition) is 3. The van der Waals surface area contributed by atoms with Crippen LogP contribution in [0.5, 0.6) is 0 Å². The second-order valence-electron chi connectivity index (χ2n) is 3.24. The van der Waals surface area contributed by atoms with Gasteiger partial charge in [-0.1, -0.05) is 12.1 Å². The molecule has 0 saturated heterocycles. The standard InChI is InChI=1S/C11H14N2O3/c12-10(15)8-4-1-2-5-9(8)11(16)13-6-3-7-14/h1-2,4-5,14H,3,6-7H2,(H2,12,15)(H,13,16). The monoisotopic (exact) mass is 222 g/mol. The lowest BCUT2D eigenvalue weighted by Gasteiger charge is -2.07. The van der Waals surface area contributed by atoms with E-state index in [0.29, 0.717) is 13.0 Å². The fourth-order valence-corrected chi connectivity index (χ4v) is 1.27. The normalized spacial score (nSPS) is 9.81. The Bertz CT molecular complexity index is 391. The van der Waals surface area contributed by atoms with Gasteiger partial charge in [0.1, 0.15) is 0 Å². The summed E-state index contributed by atoms with van der Waals surface area (Å²) in [6.07, 6.45) is 0.477. The van der Waals surface area contributed by atoms with Crippen molar-refractivity contribution in [3.8, 4) is 0 Å². The summed E-state index contributed by atoms with van der Waals surface area (Å²) in [6.45, 7) is 0.375. The molecule has 4 N–H and O–H groups in total. The van der Waals surface area contributed by atoms with Crippen molar-refractivity contribution in [3.63, 3.8) is 0 Å². The molecule has 0 spiro atoms. The summed E-state index contributed by atoms with van der Waals surface area (Å²) >= 11 is 0. The van der Waals surface area contributed by atoms with Crippen LogP contribution in [0.1, 0.15) is 27.1 Å². The van der Waals surface area contributed by atoms with Crippen molar-refractivity contribution in [1.29, 1.82) is 0 Å². The summed E-state index contributed by atoms with van der Waals surface area (Å²) in [5.41, 5.74) is 5.60. The molecule has 0 atom stereocenters. The molecule has 0 aliphatic carbocycles. The predicted octanol–water partition coefficient (Wildman–Crippen LogP) is -0.102. The van der Waals surface area contributed by atoms with E-state index in [0.717, 1.165) is 0 Å². The van der Waals surface area contributed by atoms with Crippen LogP contribution in [0.15, 0.2) is 24.3 Å². The highest BCUT2D eigenvalue weighted by Gasteiger charge is 2.13. The predicted molar refractivity (Wildman–Crippen MR) is 59.0 cm³/mol. The number of nitrogens with one attached hydrogen (secondary N) is 1. The van der Waals surface area contributed by atoms with Crippen molar-refractivity contribution >= 4 is 11.8 Å². The third-order valence-electron chi connectivity index (χ3n) is 2.06. The first-order valence-electron chi connectivity index (χ1n) is 4.94. The van der Waals surface area contributed by atoms with Crippen LogP contribution >= 0.6 is 0 Å². The molecule has 5 heteroatoms. The van der Waals surface area contributed by atoms with Gasteiger partial charge in [0.25, 0.3) is 5.91 Å². The van der Waals surface area contributed by atoms with Gasteiger partial charge in [0.2, 0.25) is 5.91 Å². The number of nitrogens with two attached hydrogens (primary N) is 1. The van der Waals surface area contributed by atoms with Crippen LogP contribution in [0, 0.1) is 0 Å². The Morgan fingerprint density at radius 3 is 2.44 bits per heavy atom. The molecule has 0 aliphatic rings. The molecule has 1 aromatic carbocycles. The zero-order chi connectivity index (χ0) is 12.0. The van der Waals surface area contributed by atoms with E-state index < -0.39 is 5.91 Å². The molecule has 86 valence electrons. The number of benzene rings is 1. The molecule has 0 fully saturated rings. The van der Waals surface area contributed by atoms with Gasteiger partial charge >= 0.3 is 0 Å². The van der Waals surface area contributed by atoms with Gasteiger partial charge in [0.05, 0.1) is 11.1 Å². The Hall–Kier alpha value is -1.88. The smallest absolute Gasteiger partial charge is 0.252 e. The van der Waals surface area contributed by atoms with Crippen molar-refractivity contribution < 1.29 is 14.7 Å². The van der Waals surface area contributed by atoms with Crippen LogP contribution in [-0.2, 0) is 0 Å². The van der Waals surface area contributed by atoms with Crippen LogP contribution in [0.3, 0.4) is 0 Å². The molecular weight excluding hydrogens is 208 g/mol. The summed E-state index contributed by atoms with van der Waals surface area (Å²) in [7, 11) is 0. The molecule has 0 unspecified atom stereocenters. The Morgan fingerprint density at radius 2 is 1.88 bits per heavy atom. The third kappa shape index (κ3) is 3.06. The maximum absolute atomic E-state index is 11.6. The van der Waals surface area contributed by atoms with E-state index >= 15 is 0 Å². The minimum absolute atomic E-state index is 0.0117. The topological polar surface area (TPSA) is 92.4 Å². The van der Waals surface area contributed by atoms with E-state index in [-0.39, 0.29) is 23.6 Å². The summed E-state index contributed by atoms with van der Waals surface area (Å²) < 4.78 is 0. The number of hydrogen-bond acceptors (Lipinski definition) is 3. The van der Waals surface area contributed by atoms with Crippen LogP contribution in [0.25, 0.3) is 0 Å². The quantitative estimate of drug-likeness (QED) is 0.607. The Labute approximate surface area is 93.3 Å². The minimum atomic E-state index is -0.632. The van der Waals surface area contributed by atoms with E-state index in [2.05, 4.69) is 5.32 Å². The molecule has 2 amide bonds. The van der Waals surface area contributed by atoms with E-state index in [4.69, 9.17) is 10.8 Å². The highest BCUT2D eigenvalue weighted by atomic mass is 16.3. The lowest BCUT2D eigenvalue weighted by Crippen LogP contribution is -2.27. The molecular formula is C11H14N2O3. The van der Waals surface area contributed by atoms with Gasteiger partial charge in [-0.3, -0.25) is 9.59 Å². The summed E-state index contributed by atoms with van der Waals surface area (Å²) in [5.74, 6) is -0.990. The molecule has 1 aromatic rings. The second-order valence-corrected chi connectivity index (χ2v) is 3.24. The molecule has 0 saturated carbocycles. The highest BCUT2D eigenvalue weighted by Crippen LogP contribution is 2.07. The van der Waals surface area contributed by atoms with Gasteiger partial charge in [0.15, 0.2) is 0 Å². The second kappa shape index (κ2) is 5.87. The van der Waals surface area contributed by atoms with Crippen LogP contribution < -0.4 is 11.1 Å². The first kappa shape index (κ1) is 12.2. The van der Waals surface area contributed by atoms with Gasteiger partial charge in [-0.15, -0.1) is 0 Å². The largest absolute Gasteiger partial charge is 0.396 e. The van der Waals surface area contributed by atoms with E-state index in [1.54, 1.807) is 12.1 Å². The average molecular weight is 222 g/mol. The zero-order valence-corrected chi connectivity index (χ0v) is 8.77. The van der Waals surface area contributed by atoms with Gasteiger partial charge in [-0.2, -0.15) is 0 Å². The van der Waals surface area contributed by atoms with E-state index in [9.17, 15) is 9.59 Å². The molecule has 1 rings (SSSR count). The number of primary amides is 1. The van der Waals surface area contributed by atoms with Crippen molar-refractivity contribution in [2.45, 2.75) is 6.42 Å². The number of aliphatic hydroxyl groups excluding tert-OH is 1. The Kier molecular flexibility index (Phi) is 4.47. The summed E-state index contributed by atoms with van der Waals surface area (Å²) in [5, 5.41) is 11.2. The fraction of sp³-hybridized carbons (Fsp3) is 0.273. The summed E-state index contributed by atoms with van der Waals surface area (Å²) in [4.78, 5) is 22.7. The van der Waals surface area contributed by atoms with Gasteiger partial charge in [-0.25, -0.2) is 0 Å². The van der Waals surface area contributed by atoms with E-state index in [1.165, 1.54) is 12.1 Å². The van der Waals surface area contributed by atoms with Gasteiger partial charge in [0, 0.05) is 13.2 Å². The van der Waals surface area contributed by atoms with Gasteiger partial charge in [-0.05, 0) is 18.6 Å². The van der Waals surface area contributed by atoms with Crippen molar-refractivity contribution in [2.75, 3.05) is 13.2 Å². The molecule has 0 aliphatic heterocycles. The zero-order valence-electron chi connectivity index (χ0n) is 8.77. The molecule has 0 heterocycles. The maximum atomic E-state index is 11.6. The number of amides is 2. The van der Waals surface area contributed by atoms with Crippen molar-refractivity contribution in [2.24, 2.45) is 5.73 Å². The fourth-order valence-electron chi connectivity index (χ4n) is 1.27. The first-order chi connectivity index (χ1) is 7.66. The molecule has 0 aromatic heterocycles. The SMILES string of the molecule is NC(=O)c1ccccc1C(=O)NCCCO. The summed E-state index contributed by atoms with van der Waals surface area (Å²) in [6, 6.07) is 6.34. The number of rotatable bonds is 5. The maximum Gasteiger partial charge on any atom is 0.252 e. The number of carbonyl (C=O) groups is 2. The van der Waals surface area contributed by atoms with Crippen LogP contribution in [0.4, 0.5) is 0 Å². The van der Waals surface area contributed by atoms with Crippen LogP contribution in [-0.4, -0.2) is 30.1 Å². The number of aliphatic hydroxyl groups is 1. The lowest BCUT2D eigenvalue weighted by atomic mass is 10.1. The molecule has 16 heavy (non-hydrogen) atoms. The Balaban J connectivity index is 2.78. The molecule has 5 nitrogen and oxygen atoms in total. The Morgan fingerprint density at radius 1 is 1.25 bits per heavy atom. The van der Waals surface area contributed by atoms with Crippen molar-refractivity contribution in [3.05, 3.63) is 35.4 Å². The average Bonchev–Trinajstić information content (AvgIpc) is 2.29. The van der Waals surface area contributed by atoms with Crippen LogP contribution in [0.2, 0.25) is 0 Å². The van der Waals surface area contributed by atoms with Crippen molar-refractivity contribution in [1.82, 2.24) is 5.32 Å². The number of carbonyl (C=O) groups excluding carboxylic acids is 2. The minimum Gasteiger partial charge on any atom is -0.396 e.